The summed E-state index contributed by atoms with van der Waals surface area (Å²) in [5.74, 6) is 0.275. The van der Waals surface area contributed by atoms with Crippen LogP contribution in [0.2, 0.25) is 0 Å². The summed E-state index contributed by atoms with van der Waals surface area (Å²) < 4.78 is 38.8. The van der Waals surface area contributed by atoms with Gasteiger partial charge in [0.1, 0.15) is 11.8 Å². The average molecular weight is 507 g/mol. The van der Waals surface area contributed by atoms with Crippen LogP contribution in [0, 0.1) is 0 Å². The number of hydrogen-bond acceptors (Lipinski definition) is 7. The van der Waals surface area contributed by atoms with Gasteiger partial charge in [-0.25, -0.2) is 8.42 Å². The molecule has 1 atom stereocenters. The van der Waals surface area contributed by atoms with Crippen LogP contribution in [0.5, 0.6) is 5.75 Å². The van der Waals surface area contributed by atoms with Crippen LogP contribution in [0.3, 0.4) is 0 Å². The number of halogens is 1. The molecule has 2 heterocycles. The molecule has 0 bridgehead atoms. The molecule has 0 saturated carbocycles. The second-order valence-corrected chi connectivity index (χ2v) is 9.67. The van der Waals surface area contributed by atoms with Gasteiger partial charge in [-0.1, -0.05) is 27.1 Å². The van der Waals surface area contributed by atoms with Gasteiger partial charge < -0.3 is 9.15 Å². The summed E-state index contributed by atoms with van der Waals surface area (Å²) in [4.78, 5) is 12.9. The summed E-state index contributed by atoms with van der Waals surface area (Å²) in [6.45, 7) is 0.250. The Bertz CT molecular complexity index is 1200. The molecule has 4 rings (SSSR count). The minimum atomic E-state index is -3.85. The van der Waals surface area contributed by atoms with Crippen LogP contribution in [0.15, 0.2) is 62.3 Å². The maximum absolute atomic E-state index is 13.1. The quantitative estimate of drug-likeness (QED) is 0.545. The number of benzene rings is 2. The molecule has 1 aliphatic rings. The predicted octanol–water partition coefficient (Wildman–Crippen LogP) is 3.30. The zero-order chi connectivity index (χ0) is 22.0. The number of carbonyl (C=O) groups is 1. The lowest BCUT2D eigenvalue weighted by atomic mass is 10.2. The molecule has 1 unspecified atom stereocenters. The van der Waals surface area contributed by atoms with E-state index in [4.69, 9.17) is 9.15 Å². The second kappa shape index (κ2) is 8.77. The molecule has 1 N–H and O–H groups in total. The molecule has 1 fully saturated rings. The third kappa shape index (κ3) is 4.48. The van der Waals surface area contributed by atoms with Gasteiger partial charge >= 0.3 is 6.01 Å². The van der Waals surface area contributed by atoms with Crippen LogP contribution >= 0.6 is 15.9 Å². The van der Waals surface area contributed by atoms with Gasteiger partial charge in [0.15, 0.2) is 0 Å². The molecule has 1 aliphatic heterocycles. The molecule has 0 radical (unpaired) electrons. The first kappa shape index (κ1) is 21.5. The summed E-state index contributed by atoms with van der Waals surface area (Å²) in [5, 5.41) is 10.3. The van der Waals surface area contributed by atoms with E-state index in [-0.39, 0.29) is 23.3 Å². The SMILES string of the molecule is COc1ccc(S(=O)(=O)N2CCCC2C(=O)Nc2nnc(-c3cccc(Br)c3)o2)cc1. The largest absolute Gasteiger partial charge is 0.497 e. The fourth-order valence-electron chi connectivity index (χ4n) is 3.37. The highest BCUT2D eigenvalue weighted by atomic mass is 79.9. The van der Waals surface area contributed by atoms with Crippen molar-refractivity contribution in [3.63, 3.8) is 0 Å². The van der Waals surface area contributed by atoms with Gasteiger partial charge in [0.05, 0.1) is 12.0 Å². The molecule has 1 amide bonds. The van der Waals surface area contributed by atoms with E-state index in [0.29, 0.717) is 24.2 Å². The first-order valence-corrected chi connectivity index (χ1v) is 11.7. The van der Waals surface area contributed by atoms with E-state index in [9.17, 15) is 13.2 Å². The fraction of sp³-hybridized carbons (Fsp3) is 0.250. The molecule has 3 aromatic rings. The molecular weight excluding hydrogens is 488 g/mol. The standard InChI is InChI=1S/C20H19BrN4O5S/c1-29-15-7-9-16(10-8-15)31(27,28)25-11-3-6-17(25)18(26)22-20-24-23-19(30-20)13-4-2-5-14(21)12-13/h2,4-5,7-10,12,17H,3,6,11H2,1H3,(H,22,24,26). The summed E-state index contributed by atoms with van der Waals surface area (Å²) in [6.07, 6.45) is 0.967. The van der Waals surface area contributed by atoms with E-state index in [2.05, 4.69) is 31.4 Å². The third-order valence-corrected chi connectivity index (χ3v) is 7.31. The van der Waals surface area contributed by atoms with Crippen molar-refractivity contribution in [2.75, 3.05) is 19.0 Å². The van der Waals surface area contributed by atoms with E-state index in [1.807, 2.05) is 12.1 Å². The smallest absolute Gasteiger partial charge is 0.322 e. The van der Waals surface area contributed by atoms with Gasteiger partial charge in [-0.2, -0.15) is 4.31 Å². The second-order valence-electron chi connectivity index (χ2n) is 6.86. The first-order chi connectivity index (χ1) is 14.9. The monoisotopic (exact) mass is 506 g/mol. The number of nitrogens with one attached hydrogen (secondary N) is 1. The van der Waals surface area contributed by atoms with Crippen LogP contribution in [-0.2, 0) is 14.8 Å². The number of amides is 1. The average Bonchev–Trinajstić information content (AvgIpc) is 3.44. The van der Waals surface area contributed by atoms with Crippen molar-refractivity contribution in [2.24, 2.45) is 0 Å². The van der Waals surface area contributed by atoms with Crippen molar-refractivity contribution in [1.29, 1.82) is 0 Å². The van der Waals surface area contributed by atoms with Crippen molar-refractivity contribution in [2.45, 2.75) is 23.8 Å². The maximum atomic E-state index is 13.1. The Morgan fingerprint density at radius 3 is 2.71 bits per heavy atom. The number of aromatic nitrogens is 2. The molecule has 11 heteroatoms. The predicted molar refractivity (Wildman–Crippen MR) is 116 cm³/mol. The van der Waals surface area contributed by atoms with Gasteiger partial charge in [0.2, 0.25) is 21.8 Å². The summed E-state index contributed by atoms with van der Waals surface area (Å²) >= 11 is 3.37. The molecule has 1 aromatic heterocycles. The number of methoxy groups -OCH3 is 1. The Balaban J connectivity index is 1.50. The highest BCUT2D eigenvalue weighted by molar-refractivity contribution is 9.10. The Kier molecular flexibility index (Phi) is 6.08. The molecule has 162 valence electrons. The highest BCUT2D eigenvalue weighted by Crippen LogP contribution is 2.28. The van der Waals surface area contributed by atoms with Gasteiger partial charge in [0, 0.05) is 16.6 Å². The van der Waals surface area contributed by atoms with Gasteiger partial charge in [-0.3, -0.25) is 10.1 Å². The number of rotatable bonds is 6. The molecule has 0 aliphatic carbocycles. The van der Waals surface area contributed by atoms with Crippen LogP contribution in [0.4, 0.5) is 6.01 Å². The van der Waals surface area contributed by atoms with E-state index < -0.39 is 22.0 Å². The van der Waals surface area contributed by atoms with Gasteiger partial charge in [0.25, 0.3) is 0 Å². The van der Waals surface area contributed by atoms with E-state index >= 15 is 0 Å². The van der Waals surface area contributed by atoms with Crippen LogP contribution in [-0.4, -0.2) is 48.5 Å². The third-order valence-electron chi connectivity index (χ3n) is 4.90. The molecular formula is C20H19BrN4O5S. The van der Waals surface area contributed by atoms with Gasteiger partial charge in [-0.15, -0.1) is 5.10 Å². The van der Waals surface area contributed by atoms with Crippen molar-refractivity contribution in [3.05, 3.63) is 53.0 Å². The lowest BCUT2D eigenvalue weighted by Crippen LogP contribution is -2.43. The Hall–Kier alpha value is -2.76. The van der Waals surface area contributed by atoms with Crippen molar-refractivity contribution in [1.82, 2.24) is 14.5 Å². The maximum Gasteiger partial charge on any atom is 0.322 e. The molecule has 1 saturated heterocycles. The van der Waals surface area contributed by atoms with Crippen LogP contribution in [0.25, 0.3) is 11.5 Å². The number of ether oxygens (including phenoxy) is 1. The Morgan fingerprint density at radius 1 is 1.23 bits per heavy atom. The fourth-order valence-corrected chi connectivity index (χ4v) is 5.43. The highest BCUT2D eigenvalue weighted by Gasteiger charge is 2.40. The summed E-state index contributed by atoms with van der Waals surface area (Å²) in [7, 11) is -2.34. The number of anilines is 1. The Morgan fingerprint density at radius 2 is 2.00 bits per heavy atom. The van der Waals surface area contributed by atoms with Crippen molar-refractivity contribution in [3.8, 4) is 17.2 Å². The van der Waals surface area contributed by atoms with Crippen molar-refractivity contribution < 1.29 is 22.4 Å². The Labute approximate surface area is 187 Å². The lowest BCUT2D eigenvalue weighted by molar-refractivity contribution is -0.119. The number of carbonyl (C=O) groups excluding carboxylic acids is 1. The molecule has 2 aromatic carbocycles. The molecule has 0 spiro atoms. The molecule has 31 heavy (non-hydrogen) atoms. The topological polar surface area (TPSA) is 115 Å². The number of sulfonamides is 1. The number of nitrogens with zero attached hydrogens (tertiary/aromatic N) is 3. The lowest BCUT2D eigenvalue weighted by Gasteiger charge is -2.22. The minimum Gasteiger partial charge on any atom is -0.497 e. The van der Waals surface area contributed by atoms with E-state index in [0.717, 1.165) is 4.47 Å². The zero-order valence-corrected chi connectivity index (χ0v) is 18.9. The summed E-state index contributed by atoms with van der Waals surface area (Å²) in [5.41, 5.74) is 0.687. The van der Waals surface area contributed by atoms with Crippen LogP contribution in [0.1, 0.15) is 12.8 Å². The zero-order valence-electron chi connectivity index (χ0n) is 16.5. The van der Waals surface area contributed by atoms with E-state index in [1.54, 1.807) is 24.3 Å². The normalized spacial score (nSPS) is 16.9. The molecule has 9 nitrogen and oxygen atoms in total. The minimum absolute atomic E-state index is 0.0892. The van der Waals surface area contributed by atoms with E-state index in [1.165, 1.54) is 23.5 Å². The number of hydrogen-bond donors (Lipinski definition) is 1. The van der Waals surface area contributed by atoms with Gasteiger partial charge in [-0.05, 0) is 55.3 Å². The first-order valence-electron chi connectivity index (χ1n) is 9.45. The van der Waals surface area contributed by atoms with Crippen molar-refractivity contribution >= 4 is 37.9 Å². The van der Waals surface area contributed by atoms with Crippen LogP contribution < -0.4 is 10.1 Å². The summed E-state index contributed by atoms with van der Waals surface area (Å²) in [6, 6.07) is 12.4.